The fourth-order valence-electron chi connectivity index (χ4n) is 4.78. The number of β-amino-alcohol motifs (C(OH)–C–C–N with tert-alkyl or cyclic N) is 1. The van der Waals surface area contributed by atoms with Gasteiger partial charge in [0.25, 0.3) is 0 Å². The summed E-state index contributed by atoms with van der Waals surface area (Å²) in [6.45, 7) is 6.58. The standard InChI is InChI=1S/C23H30Br2N4O2/c1-15(30)23(28-9-7-27(8-10-28)14-18(31)13-26-2)29-21-5-3-16(24)11-19(21)20-12-17(25)4-6-22(20)29/h3-6,11-12,15,18,23,26,30-31H,7-10,13-14H2,1-2H3. The summed E-state index contributed by atoms with van der Waals surface area (Å²) in [7, 11) is 1.86. The van der Waals surface area contributed by atoms with Crippen LogP contribution < -0.4 is 5.32 Å². The first-order valence-electron chi connectivity index (χ1n) is 10.7. The number of hydrogen-bond acceptors (Lipinski definition) is 5. The molecule has 4 rings (SSSR count). The van der Waals surface area contributed by atoms with E-state index in [0.717, 1.165) is 46.2 Å². The number of aromatic nitrogens is 1. The third-order valence-corrected chi connectivity index (χ3v) is 7.10. The second-order valence-corrected chi connectivity index (χ2v) is 10.2. The van der Waals surface area contributed by atoms with Crippen LogP contribution in [-0.2, 0) is 0 Å². The monoisotopic (exact) mass is 552 g/mol. The zero-order valence-corrected chi connectivity index (χ0v) is 21.1. The molecule has 1 aliphatic rings. The van der Waals surface area contributed by atoms with E-state index in [4.69, 9.17) is 0 Å². The van der Waals surface area contributed by atoms with Gasteiger partial charge in [-0.15, -0.1) is 0 Å². The molecule has 0 aliphatic carbocycles. The van der Waals surface area contributed by atoms with E-state index in [0.29, 0.717) is 13.1 Å². The lowest BCUT2D eigenvalue weighted by Crippen LogP contribution is -2.53. The largest absolute Gasteiger partial charge is 0.390 e. The van der Waals surface area contributed by atoms with Crippen LogP contribution in [-0.4, -0.2) is 83.1 Å². The van der Waals surface area contributed by atoms with Crippen molar-refractivity contribution < 1.29 is 10.2 Å². The Labute approximate surface area is 200 Å². The van der Waals surface area contributed by atoms with E-state index in [9.17, 15) is 10.2 Å². The highest BCUT2D eigenvalue weighted by Crippen LogP contribution is 2.37. The minimum Gasteiger partial charge on any atom is -0.390 e. The molecule has 1 aliphatic heterocycles. The van der Waals surface area contributed by atoms with Crippen LogP contribution in [0.25, 0.3) is 21.8 Å². The highest BCUT2D eigenvalue weighted by molar-refractivity contribution is 9.10. The van der Waals surface area contributed by atoms with Crippen molar-refractivity contribution in [2.75, 3.05) is 46.3 Å². The summed E-state index contributed by atoms with van der Waals surface area (Å²) >= 11 is 7.23. The normalized spacial score (nSPS) is 19.2. The highest BCUT2D eigenvalue weighted by Gasteiger charge is 2.31. The van der Waals surface area contributed by atoms with Crippen molar-refractivity contribution in [1.29, 1.82) is 0 Å². The number of piperazine rings is 1. The lowest BCUT2D eigenvalue weighted by molar-refractivity contribution is -0.0127. The number of hydrogen-bond donors (Lipinski definition) is 3. The maximum absolute atomic E-state index is 10.9. The summed E-state index contributed by atoms with van der Waals surface area (Å²) < 4.78 is 4.38. The van der Waals surface area contributed by atoms with Gasteiger partial charge in [-0.05, 0) is 50.4 Å². The summed E-state index contributed by atoms with van der Waals surface area (Å²) in [6, 6.07) is 12.7. The molecule has 3 aromatic rings. The van der Waals surface area contributed by atoms with Crippen LogP contribution in [0.1, 0.15) is 13.1 Å². The van der Waals surface area contributed by atoms with E-state index >= 15 is 0 Å². The molecule has 3 N–H and O–H groups in total. The number of benzene rings is 2. The van der Waals surface area contributed by atoms with Crippen LogP contribution in [0.2, 0.25) is 0 Å². The molecule has 2 heterocycles. The predicted molar refractivity (Wildman–Crippen MR) is 134 cm³/mol. The average molecular weight is 554 g/mol. The first-order valence-corrected chi connectivity index (χ1v) is 12.3. The van der Waals surface area contributed by atoms with Crippen molar-refractivity contribution in [3.63, 3.8) is 0 Å². The maximum Gasteiger partial charge on any atom is 0.113 e. The Bertz CT molecular complexity index is 988. The van der Waals surface area contributed by atoms with Gasteiger partial charge in [-0.25, -0.2) is 0 Å². The van der Waals surface area contributed by atoms with E-state index in [2.05, 4.69) is 87.9 Å². The Kier molecular flexibility index (Phi) is 7.37. The number of nitrogens with one attached hydrogen (secondary N) is 1. The molecule has 1 fully saturated rings. The molecule has 1 saturated heterocycles. The number of aliphatic hydroxyl groups is 2. The Morgan fingerprint density at radius 2 is 1.48 bits per heavy atom. The number of nitrogens with zero attached hydrogens (tertiary/aromatic N) is 3. The van der Waals surface area contributed by atoms with Crippen LogP contribution in [0.3, 0.4) is 0 Å². The van der Waals surface area contributed by atoms with Crippen molar-refractivity contribution in [1.82, 2.24) is 19.7 Å². The topological polar surface area (TPSA) is 63.9 Å². The van der Waals surface area contributed by atoms with Crippen LogP contribution >= 0.6 is 31.9 Å². The van der Waals surface area contributed by atoms with Gasteiger partial charge in [0.05, 0.1) is 23.2 Å². The molecular weight excluding hydrogens is 524 g/mol. The van der Waals surface area contributed by atoms with Gasteiger partial charge in [-0.1, -0.05) is 31.9 Å². The molecule has 0 saturated carbocycles. The van der Waals surface area contributed by atoms with Crippen LogP contribution in [0.4, 0.5) is 0 Å². The van der Waals surface area contributed by atoms with Gasteiger partial charge in [0.15, 0.2) is 0 Å². The second kappa shape index (κ2) is 9.87. The predicted octanol–water partition coefficient (Wildman–Crippen LogP) is 3.40. The van der Waals surface area contributed by atoms with E-state index in [1.165, 1.54) is 10.8 Å². The van der Waals surface area contributed by atoms with Crippen LogP contribution in [0.15, 0.2) is 45.3 Å². The minimum atomic E-state index is -0.535. The summed E-state index contributed by atoms with van der Waals surface area (Å²) in [5.74, 6) is 0. The number of likely N-dealkylation sites (N-methyl/N-ethyl adjacent to an activating group) is 1. The van der Waals surface area contributed by atoms with Gasteiger partial charge in [0.2, 0.25) is 0 Å². The van der Waals surface area contributed by atoms with Crippen molar-refractivity contribution in [2.45, 2.75) is 25.3 Å². The molecule has 8 heteroatoms. The molecule has 0 bridgehead atoms. The smallest absolute Gasteiger partial charge is 0.113 e. The third-order valence-electron chi connectivity index (χ3n) is 6.11. The number of fused-ring (bicyclic) bond motifs is 3. The van der Waals surface area contributed by atoms with Gasteiger partial charge < -0.3 is 20.1 Å². The number of rotatable bonds is 7. The van der Waals surface area contributed by atoms with Gasteiger partial charge in [-0.3, -0.25) is 9.80 Å². The summed E-state index contributed by atoms with van der Waals surface area (Å²) in [5, 5.41) is 26.4. The first-order chi connectivity index (χ1) is 14.9. The molecule has 0 radical (unpaired) electrons. The lowest BCUT2D eigenvalue weighted by atomic mass is 10.2. The average Bonchev–Trinajstić information content (AvgIpc) is 3.02. The fraction of sp³-hybridized carbons (Fsp3) is 0.478. The Morgan fingerprint density at radius 3 is 1.97 bits per heavy atom. The molecule has 1 aromatic heterocycles. The molecule has 2 aromatic carbocycles. The number of halogens is 2. The number of aliphatic hydroxyl groups excluding tert-OH is 2. The van der Waals surface area contributed by atoms with Gasteiger partial charge in [-0.2, -0.15) is 0 Å². The molecule has 0 amide bonds. The third kappa shape index (κ3) is 4.85. The molecule has 3 atom stereocenters. The van der Waals surface area contributed by atoms with E-state index < -0.39 is 6.10 Å². The Balaban J connectivity index is 1.68. The van der Waals surface area contributed by atoms with Crippen LogP contribution in [0, 0.1) is 0 Å². The van der Waals surface area contributed by atoms with Gasteiger partial charge in [0.1, 0.15) is 6.17 Å². The van der Waals surface area contributed by atoms with Crippen molar-refractivity contribution in [3.8, 4) is 0 Å². The summed E-state index contributed by atoms with van der Waals surface area (Å²) in [5.41, 5.74) is 2.24. The zero-order valence-electron chi connectivity index (χ0n) is 17.9. The molecule has 3 unspecified atom stereocenters. The Morgan fingerprint density at radius 1 is 0.935 bits per heavy atom. The molecule has 31 heavy (non-hydrogen) atoms. The molecule has 168 valence electrons. The fourth-order valence-corrected chi connectivity index (χ4v) is 5.50. The van der Waals surface area contributed by atoms with Crippen LogP contribution in [0.5, 0.6) is 0 Å². The quantitative estimate of drug-likeness (QED) is 0.418. The minimum absolute atomic E-state index is 0.160. The van der Waals surface area contributed by atoms with E-state index in [-0.39, 0.29) is 12.3 Å². The van der Waals surface area contributed by atoms with Crippen molar-refractivity contribution >= 4 is 53.7 Å². The van der Waals surface area contributed by atoms with E-state index in [1.54, 1.807) is 0 Å². The lowest BCUT2D eigenvalue weighted by Gasteiger charge is -2.41. The van der Waals surface area contributed by atoms with E-state index in [1.807, 2.05) is 14.0 Å². The van der Waals surface area contributed by atoms with Gasteiger partial charge in [0, 0.05) is 59.0 Å². The SMILES string of the molecule is CNCC(O)CN1CCN(C(C(C)O)n2c3ccc(Br)cc3c3cc(Br)ccc32)CC1. The highest BCUT2D eigenvalue weighted by atomic mass is 79.9. The Hall–Kier alpha value is -1.00. The van der Waals surface area contributed by atoms with Gasteiger partial charge >= 0.3 is 0 Å². The zero-order chi connectivity index (χ0) is 22.1. The van der Waals surface area contributed by atoms with Crippen molar-refractivity contribution in [3.05, 3.63) is 45.3 Å². The summed E-state index contributed by atoms with van der Waals surface area (Å²) in [4.78, 5) is 4.67. The first kappa shape index (κ1) is 23.2. The summed E-state index contributed by atoms with van der Waals surface area (Å²) in [6.07, 6.45) is -1.06. The molecule has 6 nitrogen and oxygen atoms in total. The van der Waals surface area contributed by atoms with Crippen molar-refractivity contribution in [2.24, 2.45) is 0 Å². The maximum atomic E-state index is 10.9. The molecular formula is C23H30Br2N4O2. The second-order valence-electron chi connectivity index (χ2n) is 8.40. The molecule has 0 spiro atoms.